The molecular weight excluding hydrogens is 258 g/mol. The number of hydrogen-bond acceptors (Lipinski definition) is 3. The summed E-state index contributed by atoms with van der Waals surface area (Å²) in [5.41, 5.74) is 0.910. The number of amides is 1. The monoisotopic (exact) mass is 279 g/mol. The second-order valence-electron chi connectivity index (χ2n) is 5.50. The number of benzene rings is 1. The molecule has 5 heteroatoms. The molecule has 1 aromatic rings. The van der Waals surface area contributed by atoms with E-state index >= 15 is 0 Å². The lowest BCUT2D eigenvalue weighted by Crippen LogP contribution is -2.33. The average Bonchev–Trinajstić information content (AvgIpc) is 2.36. The molecule has 0 aliphatic carbocycles. The number of ether oxygens (including phenoxy) is 1. The van der Waals surface area contributed by atoms with Gasteiger partial charge in [0, 0.05) is 6.54 Å². The van der Waals surface area contributed by atoms with Gasteiger partial charge in [-0.25, -0.2) is 4.79 Å². The molecule has 1 aromatic carbocycles. The van der Waals surface area contributed by atoms with Gasteiger partial charge in [0.2, 0.25) is 5.91 Å². The predicted octanol–water partition coefficient (Wildman–Crippen LogP) is 1.86. The van der Waals surface area contributed by atoms with Gasteiger partial charge in [-0.05, 0) is 44.9 Å². The van der Waals surface area contributed by atoms with Crippen LogP contribution in [0.3, 0.4) is 0 Å². The van der Waals surface area contributed by atoms with E-state index in [-0.39, 0.29) is 23.7 Å². The first-order chi connectivity index (χ1) is 9.28. The van der Waals surface area contributed by atoms with Gasteiger partial charge in [0.25, 0.3) is 0 Å². The Kier molecular flexibility index (Phi) is 5.70. The SMILES string of the molecule is CC(C)(C)OCC(=O)NCCc1ccc(C(=O)O)cc1. The molecular formula is C15H21NO4. The smallest absolute Gasteiger partial charge is 0.335 e. The van der Waals surface area contributed by atoms with Gasteiger partial charge in [0.15, 0.2) is 0 Å². The number of rotatable bonds is 6. The van der Waals surface area contributed by atoms with Crippen LogP contribution < -0.4 is 5.32 Å². The number of carbonyl (C=O) groups excluding carboxylic acids is 1. The van der Waals surface area contributed by atoms with E-state index in [0.29, 0.717) is 13.0 Å². The molecule has 2 N–H and O–H groups in total. The molecule has 0 aliphatic rings. The van der Waals surface area contributed by atoms with Crippen molar-refractivity contribution in [1.29, 1.82) is 0 Å². The Bertz CT molecular complexity index is 460. The zero-order valence-electron chi connectivity index (χ0n) is 12.1. The first-order valence-electron chi connectivity index (χ1n) is 6.51. The lowest BCUT2D eigenvalue weighted by atomic mass is 10.1. The molecule has 0 heterocycles. The molecule has 0 atom stereocenters. The summed E-state index contributed by atoms with van der Waals surface area (Å²) in [6, 6.07) is 6.62. The summed E-state index contributed by atoms with van der Waals surface area (Å²) in [5, 5.41) is 11.5. The molecule has 1 amide bonds. The maximum atomic E-state index is 11.5. The number of hydrogen-bond donors (Lipinski definition) is 2. The Morgan fingerprint density at radius 2 is 1.80 bits per heavy atom. The van der Waals surface area contributed by atoms with Gasteiger partial charge in [-0.1, -0.05) is 12.1 Å². The molecule has 0 unspecified atom stereocenters. The van der Waals surface area contributed by atoms with Crippen LogP contribution in [0.5, 0.6) is 0 Å². The number of carboxylic acids is 1. The zero-order chi connectivity index (χ0) is 15.2. The second-order valence-corrected chi connectivity index (χ2v) is 5.50. The van der Waals surface area contributed by atoms with Crippen molar-refractivity contribution in [1.82, 2.24) is 5.32 Å². The van der Waals surface area contributed by atoms with Crippen LogP contribution >= 0.6 is 0 Å². The highest BCUT2D eigenvalue weighted by Crippen LogP contribution is 2.06. The van der Waals surface area contributed by atoms with Crippen molar-refractivity contribution in [3.8, 4) is 0 Å². The summed E-state index contributed by atoms with van der Waals surface area (Å²) in [6.07, 6.45) is 0.654. The van der Waals surface area contributed by atoms with Crippen LogP contribution in [0.15, 0.2) is 24.3 Å². The van der Waals surface area contributed by atoms with Crippen molar-refractivity contribution in [3.63, 3.8) is 0 Å². The first kappa shape index (κ1) is 16.2. The third-order valence-corrected chi connectivity index (χ3v) is 2.57. The standard InChI is InChI=1S/C15H21NO4/c1-15(2,3)20-10-13(17)16-9-8-11-4-6-12(7-5-11)14(18)19/h4-7H,8-10H2,1-3H3,(H,16,17)(H,18,19). The van der Waals surface area contributed by atoms with E-state index in [2.05, 4.69) is 5.32 Å². The third kappa shape index (κ3) is 6.33. The van der Waals surface area contributed by atoms with Crippen molar-refractivity contribution < 1.29 is 19.4 Å². The molecule has 0 spiro atoms. The van der Waals surface area contributed by atoms with Gasteiger partial charge in [-0.3, -0.25) is 4.79 Å². The molecule has 0 radical (unpaired) electrons. The minimum atomic E-state index is -0.941. The molecule has 1 rings (SSSR count). The van der Waals surface area contributed by atoms with Crippen LogP contribution in [0.25, 0.3) is 0 Å². The Hall–Kier alpha value is -1.88. The van der Waals surface area contributed by atoms with E-state index in [0.717, 1.165) is 5.56 Å². The molecule has 0 fully saturated rings. The van der Waals surface area contributed by atoms with Crippen LogP contribution in [-0.2, 0) is 16.0 Å². The molecule has 0 aliphatic heterocycles. The van der Waals surface area contributed by atoms with Crippen LogP contribution in [0.1, 0.15) is 36.7 Å². The van der Waals surface area contributed by atoms with Crippen molar-refractivity contribution in [2.75, 3.05) is 13.2 Å². The molecule has 5 nitrogen and oxygen atoms in total. The molecule has 0 bridgehead atoms. The van der Waals surface area contributed by atoms with Gasteiger partial charge >= 0.3 is 5.97 Å². The highest BCUT2D eigenvalue weighted by atomic mass is 16.5. The van der Waals surface area contributed by atoms with Crippen LogP contribution in [-0.4, -0.2) is 35.7 Å². The first-order valence-corrected chi connectivity index (χ1v) is 6.51. The minimum absolute atomic E-state index is 0.0431. The zero-order valence-corrected chi connectivity index (χ0v) is 12.1. The fourth-order valence-electron chi connectivity index (χ4n) is 1.49. The average molecular weight is 279 g/mol. The van der Waals surface area contributed by atoms with Crippen molar-refractivity contribution in [2.24, 2.45) is 0 Å². The highest BCUT2D eigenvalue weighted by molar-refractivity contribution is 5.87. The number of aromatic carboxylic acids is 1. The van der Waals surface area contributed by atoms with Gasteiger partial charge < -0.3 is 15.2 Å². The molecule has 0 saturated carbocycles. The van der Waals surface area contributed by atoms with Gasteiger partial charge in [0.1, 0.15) is 6.61 Å². The summed E-state index contributed by atoms with van der Waals surface area (Å²) < 4.78 is 5.36. The van der Waals surface area contributed by atoms with Crippen molar-refractivity contribution in [2.45, 2.75) is 32.8 Å². The van der Waals surface area contributed by atoms with E-state index in [4.69, 9.17) is 9.84 Å². The Labute approximate surface area is 118 Å². The molecule has 110 valence electrons. The summed E-state index contributed by atoms with van der Waals surface area (Å²) in [5.74, 6) is -1.09. The maximum Gasteiger partial charge on any atom is 0.335 e. The van der Waals surface area contributed by atoms with Crippen molar-refractivity contribution >= 4 is 11.9 Å². The van der Waals surface area contributed by atoms with Crippen LogP contribution in [0.2, 0.25) is 0 Å². The van der Waals surface area contributed by atoms with E-state index in [1.165, 1.54) is 0 Å². The second kappa shape index (κ2) is 7.05. The van der Waals surface area contributed by atoms with Crippen LogP contribution in [0.4, 0.5) is 0 Å². The van der Waals surface area contributed by atoms with E-state index in [9.17, 15) is 9.59 Å². The Morgan fingerprint density at radius 1 is 1.20 bits per heavy atom. The largest absolute Gasteiger partial charge is 0.478 e. The quantitative estimate of drug-likeness (QED) is 0.833. The van der Waals surface area contributed by atoms with Gasteiger partial charge in [-0.2, -0.15) is 0 Å². The normalized spacial score (nSPS) is 11.2. The summed E-state index contributed by atoms with van der Waals surface area (Å²) in [6.45, 7) is 6.22. The van der Waals surface area contributed by atoms with E-state index in [1.807, 2.05) is 20.8 Å². The number of carboxylic acid groups (broad SMARTS) is 1. The summed E-state index contributed by atoms with van der Waals surface area (Å²) >= 11 is 0. The summed E-state index contributed by atoms with van der Waals surface area (Å²) in [7, 11) is 0. The minimum Gasteiger partial charge on any atom is -0.478 e. The number of nitrogens with one attached hydrogen (secondary N) is 1. The van der Waals surface area contributed by atoms with Gasteiger partial charge in [-0.15, -0.1) is 0 Å². The fraction of sp³-hybridized carbons (Fsp3) is 0.467. The van der Waals surface area contributed by atoms with Crippen LogP contribution in [0, 0.1) is 0 Å². The van der Waals surface area contributed by atoms with E-state index < -0.39 is 5.97 Å². The fourth-order valence-corrected chi connectivity index (χ4v) is 1.49. The Morgan fingerprint density at radius 3 is 2.30 bits per heavy atom. The lowest BCUT2D eigenvalue weighted by Gasteiger charge is -2.18. The van der Waals surface area contributed by atoms with Gasteiger partial charge in [0.05, 0.1) is 11.2 Å². The van der Waals surface area contributed by atoms with E-state index in [1.54, 1.807) is 24.3 Å². The number of carbonyl (C=O) groups is 2. The molecule has 0 saturated heterocycles. The predicted molar refractivity (Wildman–Crippen MR) is 75.8 cm³/mol. The topological polar surface area (TPSA) is 75.6 Å². The molecule has 0 aromatic heterocycles. The Balaban J connectivity index is 2.30. The van der Waals surface area contributed by atoms with Crippen molar-refractivity contribution in [3.05, 3.63) is 35.4 Å². The lowest BCUT2D eigenvalue weighted by molar-refractivity contribution is -0.130. The highest BCUT2D eigenvalue weighted by Gasteiger charge is 2.12. The third-order valence-electron chi connectivity index (χ3n) is 2.57. The molecule has 20 heavy (non-hydrogen) atoms. The summed E-state index contributed by atoms with van der Waals surface area (Å²) in [4.78, 5) is 22.2. The maximum absolute atomic E-state index is 11.5.